The number of nitrogens with zero attached hydrogens (tertiary/aromatic N) is 1. The average Bonchev–Trinajstić information content (AvgIpc) is 2.14. The molecule has 0 amide bonds. The number of halogens is 4. The maximum Gasteiger partial charge on any atom is 0.405 e. The van der Waals surface area contributed by atoms with Crippen molar-refractivity contribution in [2.75, 3.05) is 18.5 Å². The van der Waals surface area contributed by atoms with Crippen molar-refractivity contribution >= 4 is 21.6 Å². The van der Waals surface area contributed by atoms with E-state index in [-0.39, 0.29) is 0 Å². The van der Waals surface area contributed by atoms with E-state index in [0.717, 1.165) is 11.1 Å². The van der Waals surface area contributed by atoms with Crippen molar-refractivity contribution in [2.45, 2.75) is 18.4 Å². The van der Waals surface area contributed by atoms with Gasteiger partial charge in [-0.2, -0.15) is 13.2 Å². The zero-order valence-electron chi connectivity index (χ0n) is 9.11. The summed E-state index contributed by atoms with van der Waals surface area (Å²) in [6.45, 7) is 0.982. The van der Waals surface area contributed by atoms with Crippen molar-refractivity contribution in [3.8, 4) is 0 Å². The van der Waals surface area contributed by atoms with Crippen LogP contribution in [0.4, 0.5) is 18.9 Å². The van der Waals surface area contributed by atoms with Gasteiger partial charge >= 0.3 is 6.18 Å². The first kappa shape index (κ1) is 13.4. The Balaban J connectivity index is 2.94. The first-order valence-corrected chi connectivity index (χ1v) is 5.89. The van der Waals surface area contributed by atoms with Crippen molar-refractivity contribution < 1.29 is 13.2 Å². The van der Waals surface area contributed by atoms with Crippen molar-refractivity contribution in [3.05, 3.63) is 29.3 Å². The van der Waals surface area contributed by atoms with Gasteiger partial charge in [-0.3, -0.25) is 0 Å². The Hall–Kier alpha value is -0.710. The number of alkyl halides is 4. The van der Waals surface area contributed by atoms with E-state index in [1.54, 1.807) is 6.07 Å². The van der Waals surface area contributed by atoms with Crippen LogP contribution in [0, 0.1) is 6.92 Å². The zero-order chi connectivity index (χ0) is 12.3. The van der Waals surface area contributed by atoms with Crippen LogP contribution < -0.4 is 4.90 Å². The molecule has 0 fully saturated rings. The van der Waals surface area contributed by atoms with Crippen molar-refractivity contribution in [3.63, 3.8) is 0 Å². The van der Waals surface area contributed by atoms with E-state index in [2.05, 4.69) is 15.9 Å². The van der Waals surface area contributed by atoms with E-state index in [1.165, 1.54) is 11.9 Å². The van der Waals surface area contributed by atoms with Crippen LogP contribution in [0.15, 0.2) is 18.2 Å². The molecule has 0 aromatic heterocycles. The van der Waals surface area contributed by atoms with Gasteiger partial charge in [0.2, 0.25) is 0 Å². The smallest absolute Gasteiger partial charge is 0.365 e. The second kappa shape index (κ2) is 5.08. The van der Waals surface area contributed by atoms with Gasteiger partial charge in [-0.15, -0.1) is 0 Å². The molecule has 1 aromatic carbocycles. The van der Waals surface area contributed by atoms with Crippen molar-refractivity contribution in [1.82, 2.24) is 0 Å². The molecule has 0 N–H and O–H groups in total. The molecule has 0 radical (unpaired) electrons. The molecule has 1 nitrogen and oxygen atoms in total. The highest BCUT2D eigenvalue weighted by Gasteiger charge is 2.29. The predicted molar refractivity (Wildman–Crippen MR) is 63.1 cm³/mol. The topological polar surface area (TPSA) is 3.24 Å². The first-order chi connectivity index (χ1) is 7.33. The van der Waals surface area contributed by atoms with Gasteiger partial charge in [-0.1, -0.05) is 33.6 Å². The minimum atomic E-state index is -4.18. The summed E-state index contributed by atoms with van der Waals surface area (Å²) in [7, 11) is 1.45. The van der Waals surface area contributed by atoms with Crippen molar-refractivity contribution in [1.29, 1.82) is 0 Å². The fourth-order valence-corrected chi connectivity index (χ4v) is 2.00. The quantitative estimate of drug-likeness (QED) is 0.765. The molecule has 0 unspecified atom stereocenters. The molecule has 0 aliphatic rings. The number of rotatable bonds is 3. The lowest BCUT2D eigenvalue weighted by Gasteiger charge is -2.23. The third kappa shape index (κ3) is 3.70. The first-order valence-electron chi connectivity index (χ1n) is 4.77. The Bertz CT molecular complexity index is 363. The minimum Gasteiger partial charge on any atom is -0.365 e. The summed E-state index contributed by atoms with van der Waals surface area (Å²) in [5, 5.41) is 0.548. The number of aryl methyl sites for hydroxylation is 1. The molecule has 0 bridgehead atoms. The molecule has 1 aromatic rings. The SMILES string of the molecule is Cc1ccc(N(C)CC(F)(F)F)c(CBr)c1. The monoisotopic (exact) mass is 295 g/mol. The van der Waals surface area contributed by atoms with E-state index in [9.17, 15) is 13.2 Å². The lowest BCUT2D eigenvalue weighted by Crippen LogP contribution is -2.31. The van der Waals surface area contributed by atoms with Gasteiger partial charge in [-0.25, -0.2) is 0 Å². The lowest BCUT2D eigenvalue weighted by molar-refractivity contribution is -0.119. The van der Waals surface area contributed by atoms with E-state index in [1.807, 2.05) is 19.1 Å². The van der Waals surface area contributed by atoms with Gasteiger partial charge in [0.25, 0.3) is 0 Å². The molecule has 0 saturated heterocycles. The minimum absolute atomic E-state index is 0.548. The third-order valence-corrected chi connectivity index (χ3v) is 2.81. The Kier molecular flexibility index (Phi) is 4.24. The van der Waals surface area contributed by atoms with Gasteiger partial charge in [0.05, 0.1) is 0 Å². The van der Waals surface area contributed by atoms with Gasteiger partial charge < -0.3 is 4.90 Å². The van der Waals surface area contributed by atoms with Crippen LogP contribution in [-0.4, -0.2) is 19.8 Å². The highest BCUT2D eigenvalue weighted by molar-refractivity contribution is 9.08. The molecule has 0 aliphatic carbocycles. The molecule has 1 rings (SSSR count). The average molecular weight is 296 g/mol. The molecule has 0 atom stereocenters. The highest BCUT2D eigenvalue weighted by atomic mass is 79.9. The van der Waals surface area contributed by atoms with Gasteiger partial charge in [0, 0.05) is 18.1 Å². The third-order valence-electron chi connectivity index (χ3n) is 2.21. The normalized spacial score (nSPS) is 11.6. The maximum absolute atomic E-state index is 12.3. The maximum atomic E-state index is 12.3. The Morgan fingerprint density at radius 2 is 1.94 bits per heavy atom. The molecule has 0 saturated carbocycles. The molecule has 0 aliphatic heterocycles. The number of benzene rings is 1. The summed E-state index contributed by atoms with van der Waals surface area (Å²) in [6, 6.07) is 5.42. The van der Waals surface area contributed by atoms with Crippen LogP contribution in [0.25, 0.3) is 0 Å². The van der Waals surface area contributed by atoms with Crippen LogP contribution in [0.3, 0.4) is 0 Å². The Labute approximate surface area is 101 Å². The van der Waals surface area contributed by atoms with Crippen LogP contribution in [-0.2, 0) is 5.33 Å². The second-order valence-electron chi connectivity index (χ2n) is 3.74. The molecule has 90 valence electrons. The predicted octanol–water partition coefficient (Wildman–Crippen LogP) is 3.89. The summed E-state index contributed by atoms with van der Waals surface area (Å²) in [4.78, 5) is 1.22. The van der Waals surface area contributed by atoms with Gasteiger partial charge in [-0.05, 0) is 18.6 Å². The number of hydrogen-bond acceptors (Lipinski definition) is 1. The van der Waals surface area contributed by atoms with E-state index < -0.39 is 12.7 Å². The Morgan fingerprint density at radius 1 is 1.31 bits per heavy atom. The highest BCUT2D eigenvalue weighted by Crippen LogP contribution is 2.26. The van der Waals surface area contributed by atoms with Crippen LogP contribution >= 0.6 is 15.9 Å². The molecular formula is C11H13BrF3N. The molecule has 16 heavy (non-hydrogen) atoms. The van der Waals surface area contributed by atoms with E-state index >= 15 is 0 Å². The molecular weight excluding hydrogens is 283 g/mol. The number of hydrogen-bond donors (Lipinski definition) is 0. The summed E-state index contributed by atoms with van der Waals surface area (Å²) in [5.74, 6) is 0. The molecule has 0 heterocycles. The standard InChI is InChI=1S/C11H13BrF3N/c1-8-3-4-10(9(5-8)6-12)16(2)7-11(13,14)15/h3-5H,6-7H2,1-2H3. The summed E-state index contributed by atoms with van der Waals surface area (Å²) in [6.07, 6.45) is -4.18. The zero-order valence-corrected chi connectivity index (χ0v) is 10.7. The lowest BCUT2D eigenvalue weighted by atomic mass is 10.1. The molecule has 5 heteroatoms. The summed E-state index contributed by atoms with van der Waals surface area (Å²) in [5.41, 5.74) is 2.52. The summed E-state index contributed by atoms with van der Waals surface area (Å²) < 4.78 is 36.8. The van der Waals surface area contributed by atoms with Crippen LogP contribution in [0.2, 0.25) is 0 Å². The van der Waals surface area contributed by atoms with Crippen molar-refractivity contribution in [2.24, 2.45) is 0 Å². The fourth-order valence-electron chi connectivity index (χ4n) is 1.55. The summed E-state index contributed by atoms with van der Waals surface area (Å²) >= 11 is 3.28. The molecule has 0 spiro atoms. The van der Waals surface area contributed by atoms with E-state index in [0.29, 0.717) is 11.0 Å². The largest absolute Gasteiger partial charge is 0.405 e. The van der Waals surface area contributed by atoms with Crippen LogP contribution in [0.5, 0.6) is 0 Å². The fraction of sp³-hybridized carbons (Fsp3) is 0.455. The second-order valence-corrected chi connectivity index (χ2v) is 4.30. The van der Waals surface area contributed by atoms with Crippen LogP contribution in [0.1, 0.15) is 11.1 Å². The Morgan fingerprint density at radius 3 is 2.44 bits per heavy atom. The van der Waals surface area contributed by atoms with Gasteiger partial charge in [0.15, 0.2) is 0 Å². The van der Waals surface area contributed by atoms with E-state index in [4.69, 9.17) is 0 Å². The number of anilines is 1. The van der Waals surface area contributed by atoms with Gasteiger partial charge in [0.1, 0.15) is 6.54 Å².